The van der Waals surface area contributed by atoms with Crippen LogP contribution in [0.3, 0.4) is 0 Å². The number of carbonyl (C=O) groups is 2. The number of hydrogen-bond acceptors (Lipinski definition) is 4. The molecule has 1 rings (SSSR count). The molecule has 0 fully saturated rings. The fourth-order valence-corrected chi connectivity index (χ4v) is 1.47. The first-order chi connectivity index (χ1) is 9.06. The van der Waals surface area contributed by atoms with Crippen molar-refractivity contribution in [3.63, 3.8) is 0 Å². The Balaban J connectivity index is 2.73. The van der Waals surface area contributed by atoms with Gasteiger partial charge in [0.15, 0.2) is 0 Å². The van der Waals surface area contributed by atoms with Gasteiger partial charge in [-0.1, -0.05) is 24.2 Å². The van der Waals surface area contributed by atoms with E-state index in [2.05, 4.69) is 10.5 Å². The van der Waals surface area contributed by atoms with E-state index in [0.717, 1.165) is 0 Å². The lowest BCUT2D eigenvalue weighted by atomic mass is 10.1. The van der Waals surface area contributed by atoms with E-state index < -0.39 is 5.97 Å². The molecule has 6 heteroatoms. The van der Waals surface area contributed by atoms with Crippen molar-refractivity contribution in [1.82, 2.24) is 0 Å². The third-order valence-corrected chi connectivity index (χ3v) is 2.52. The summed E-state index contributed by atoms with van der Waals surface area (Å²) in [6.07, 6.45) is 0.434. The molecule has 0 saturated heterocycles. The van der Waals surface area contributed by atoms with E-state index in [1.165, 1.54) is 0 Å². The van der Waals surface area contributed by atoms with Crippen molar-refractivity contribution < 1.29 is 19.9 Å². The molecule has 0 aromatic heterocycles. The lowest BCUT2D eigenvalue weighted by molar-refractivity contribution is -0.136. The maximum atomic E-state index is 11.2. The van der Waals surface area contributed by atoms with Gasteiger partial charge in [0.1, 0.15) is 0 Å². The molecular formula is C13H16N2O4. The van der Waals surface area contributed by atoms with Crippen molar-refractivity contribution in [1.29, 1.82) is 0 Å². The normalized spacial score (nSPS) is 11.1. The van der Waals surface area contributed by atoms with Crippen molar-refractivity contribution in [3.05, 3.63) is 29.8 Å². The Hall–Kier alpha value is -2.37. The van der Waals surface area contributed by atoms with Gasteiger partial charge in [-0.2, -0.15) is 0 Å². The zero-order chi connectivity index (χ0) is 14.3. The molecule has 3 N–H and O–H groups in total. The third-order valence-electron chi connectivity index (χ3n) is 2.52. The highest BCUT2D eigenvalue weighted by atomic mass is 16.4. The Labute approximate surface area is 110 Å². The molecule has 0 bridgehead atoms. The van der Waals surface area contributed by atoms with Gasteiger partial charge in [0.2, 0.25) is 5.91 Å². The zero-order valence-corrected chi connectivity index (χ0v) is 10.6. The van der Waals surface area contributed by atoms with Gasteiger partial charge in [-0.3, -0.25) is 9.59 Å². The molecule has 0 aliphatic carbocycles. The number of hydrogen-bond donors (Lipinski definition) is 3. The molecule has 19 heavy (non-hydrogen) atoms. The molecule has 0 aliphatic rings. The highest BCUT2D eigenvalue weighted by Gasteiger charge is 2.08. The number of nitrogens with one attached hydrogen (secondary N) is 1. The number of carboxylic acid groups (broad SMARTS) is 1. The standard InChI is InChI=1S/C13H16N2O4/c1-2-12(16)14-10-5-3-9(4-6-10)11(15-19)7-8-13(17)18/h3-6,19H,2,7-8H2,1H3,(H,14,16)(H,17,18)/b15-11-. The van der Waals surface area contributed by atoms with Crippen LogP contribution in [0.5, 0.6) is 0 Å². The number of rotatable bonds is 6. The minimum atomic E-state index is -0.951. The first-order valence-electron chi connectivity index (χ1n) is 5.89. The van der Waals surface area contributed by atoms with E-state index in [9.17, 15) is 9.59 Å². The van der Waals surface area contributed by atoms with Crippen molar-refractivity contribution in [3.8, 4) is 0 Å². The van der Waals surface area contributed by atoms with Gasteiger partial charge in [0, 0.05) is 18.5 Å². The zero-order valence-electron chi connectivity index (χ0n) is 10.6. The van der Waals surface area contributed by atoms with Crippen LogP contribution >= 0.6 is 0 Å². The molecule has 1 amide bonds. The van der Waals surface area contributed by atoms with Crippen LogP contribution in [0.15, 0.2) is 29.4 Å². The smallest absolute Gasteiger partial charge is 0.303 e. The fourth-order valence-electron chi connectivity index (χ4n) is 1.47. The monoisotopic (exact) mass is 264 g/mol. The Morgan fingerprint density at radius 3 is 2.32 bits per heavy atom. The minimum Gasteiger partial charge on any atom is -0.481 e. The van der Waals surface area contributed by atoms with Gasteiger partial charge >= 0.3 is 5.97 Å². The maximum Gasteiger partial charge on any atom is 0.303 e. The second kappa shape index (κ2) is 7.15. The van der Waals surface area contributed by atoms with E-state index >= 15 is 0 Å². The third kappa shape index (κ3) is 4.79. The quantitative estimate of drug-likeness (QED) is 0.416. The van der Waals surface area contributed by atoms with Crippen molar-refractivity contribution in [2.45, 2.75) is 26.2 Å². The number of amides is 1. The number of nitrogens with zero attached hydrogens (tertiary/aromatic N) is 1. The van der Waals surface area contributed by atoms with E-state index in [1.54, 1.807) is 31.2 Å². The molecular weight excluding hydrogens is 248 g/mol. The summed E-state index contributed by atoms with van der Waals surface area (Å²) in [6, 6.07) is 6.69. The van der Waals surface area contributed by atoms with Gasteiger partial charge < -0.3 is 15.6 Å². The molecule has 0 radical (unpaired) electrons. The Kier molecular flexibility index (Phi) is 5.53. The molecule has 0 atom stereocenters. The van der Waals surface area contributed by atoms with Gasteiger partial charge in [-0.25, -0.2) is 0 Å². The van der Waals surface area contributed by atoms with E-state index in [4.69, 9.17) is 10.3 Å². The van der Waals surface area contributed by atoms with Crippen LogP contribution in [0.1, 0.15) is 31.7 Å². The number of carbonyl (C=O) groups excluding carboxylic acids is 1. The Bertz CT molecular complexity index is 480. The Morgan fingerprint density at radius 2 is 1.84 bits per heavy atom. The van der Waals surface area contributed by atoms with Crippen LogP contribution < -0.4 is 5.32 Å². The van der Waals surface area contributed by atoms with Crippen LogP contribution in [0, 0.1) is 0 Å². The SMILES string of the molecule is CCC(=O)Nc1ccc(/C(CCC(=O)O)=N\O)cc1. The molecule has 0 saturated carbocycles. The predicted octanol–water partition coefficient (Wildman–Crippen LogP) is 2.08. The van der Waals surface area contributed by atoms with Gasteiger partial charge in [-0.15, -0.1) is 0 Å². The molecule has 0 heterocycles. The molecule has 0 unspecified atom stereocenters. The highest BCUT2D eigenvalue weighted by molar-refractivity contribution is 6.01. The van der Waals surface area contributed by atoms with Crippen molar-refractivity contribution >= 4 is 23.3 Å². The van der Waals surface area contributed by atoms with Gasteiger partial charge in [0.05, 0.1) is 12.1 Å². The summed E-state index contributed by atoms with van der Waals surface area (Å²) >= 11 is 0. The molecule has 1 aromatic carbocycles. The lowest BCUT2D eigenvalue weighted by Crippen LogP contribution is -2.10. The van der Waals surface area contributed by atoms with E-state index in [-0.39, 0.29) is 18.7 Å². The predicted molar refractivity (Wildman–Crippen MR) is 70.6 cm³/mol. The average Bonchev–Trinajstić information content (AvgIpc) is 2.40. The number of anilines is 1. The van der Waals surface area contributed by atoms with E-state index in [1.807, 2.05) is 0 Å². The largest absolute Gasteiger partial charge is 0.481 e. The summed E-state index contributed by atoms with van der Waals surface area (Å²) in [5.41, 5.74) is 1.57. The average molecular weight is 264 g/mol. The van der Waals surface area contributed by atoms with Crippen LogP contribution in [0.2, 0.25) is 0 Å². The summed E-state index contributed by atoms with van der Waals surface area (Å²) in [7, 11) is 0. The van der Waals surface area contributed by atoms with Crippen molar-refractivity contribution in [2.75, 3.05) is 5.32 Å². The van der Waals surface area contributed by atoms with E-state index in [0.29, 0.717) is 23.4 Å². The number of aliphatic carboxylic acids is 1. The second-order valence-electron chi connectivity index (χ2n) is 3.92. The van der Waals surface area contributed by atoms with Gasteiger partial charge in [-0.05, 0) is 17.7 Å². The summed E-state index contributed by atoms with van der Waals surface area (Å²) in [6.45, 7) is 1.76. The number of carboxylic acids is 1. The number of oxime groups is 1. The molecule has 102 valence electrons. The number of benzene rings is 1. The maximum absolute atomic E-state index is 11.2. The van der Waals surface area contributed by atoms with Crippen molar-refractivity contribution in [2.24, 2.45) is 5.16 Å². The van der Waals surface area contributed by atoms with Crippen LogP contribution in [0.25, 0.3) is 0 Å². The highest BCUT2D eigenvalue weighted by Crippen LogP contribution is 2.13. The second-order valence-corrected chi connectivity index (χ2v) is 3.92. The first kappa shape index (κ1) is 14.7. The minimum absolute atomic E-state index is 0.0883. The molecule has 1 aromatic rings. The van der Waals surface area contributed by atoms with Gasteiger partial charge in [0.25, 0.3) is 0 Å². The summed E-state index contributed by atoms with van der Waals surface area (Å²) in [5, 5.41) is 23.3. The van der Waals surface area contributed by atoms with Crippen LogP contribution in [0.4, 0.5) is 5.69 Å². The molecule has 6 nitrogen and oxygen atoms in total. The summed E-state index contributed by atoms with van der Waals surface area (Å²) in [4.78, 5) is 21.7. The first-order valence-corrected chi connectivity index (χ1v) is 5.89. The molecule has 0 spiro atoms. The topological polar surface area (TPSA) is 99.0 Å². The summed E-state index contributed by atoms with van der Waals surface area (Å²) < 4.78 is 0. The molecule has 0 aliphatic heterocycles. The van der Waals surface area contributed by atoms with Crippen LogP contribution in [-0.2, 0) is 9.59 Å². The van der Waals surface area contributed by atoms with Crippen LogP contribution in [-0.4, -0.2) is 27.9 Å². The summed E-state index contributed by atoms with van der Waals surface area (Å²) in [5.74, 6) is -1.04. The fraction of sp³-hybridized carbons (Fsp3) is 0.308. The lowest BCUT2D eigenvalue weighted by Gasteiger charge is -2.06. The Morgan fingerprint density at radius 1 is 1.21 bits per heavy atom.